The second kappa shape index (κ2) is 8.79. The number of sulfonamides is 1. The van der Waals surface area contributed by atoms with Gasteiger partial charge >= 0.3 is 0 Å². The molecule has 33 heavy (non-hydrogen) atoms. The number of amides is 1. The standard InChI is InChI=1S/C22H19FN6O3S/c1-14-3-7-17(8-4-14)26-33(31,32)19-10-5-16(6-11-19)22(30)24-21-13-18(9-12-20(21)23)29-15(2)25-27-28-29/h3-13,26H,1-2H3,(H,24,30). The zero-order valence-electron chi connectivity index (χ0n) is 17.7. The van der Waals surface area contributed by atoms with E-state index in [2.05, 4.69) is 25.6 Å². The van der Waals surface area contributed by atoms with E-state index in [1.165, 1.54) is 47.1 Å². The van der Waals surface area contributed by atoms with Gasteiger partial charge in [0, 0.05) is 11.3 Å². The van der Waals surface area contributed by atoms with E-state index >= 15 is 0 Å². The number of hydrogen-bond donors (Lipinski definition) is 2. The second-order valence-corrected chi connectivity index (χ2v) is 8.93. The smallest absolute Gasteiger partial charge is 0.261 e. The lowest BCUT2D eigenvalue weighted by Gasteiger charge is -2.11. The molecule has 1 aromatic heterocycles. The Bertz CT molecular complexity index is 1420. The maximum atomic E-state index is 14.3. The first-order chi connectivity index (χ1) is 15.7. The predicted molar refractivity (Wildman–Crippen MR) is 120 cm³/mol. The van der Waals surface area contributed by atoms with Crippen molar-refractivity contribution in [1.82, 2.24) is 20.2 Å². The van der Waals surface area contributed by atoms with Crippen LogP contribution in [0.5, 0.6) is 0 Å². The Morgan fingerprint density at radius 1 is 0.970 bits per heavy atom. The Hall–Kier alpha value is -4.12. The van der Waals surface area contributed by atoms with Crippen LogP contribution >= 0.6 is 0 Å². The van der Waals surface area contributed by atoms with Gasteiger partial charge in [0.25, 0.3) is 15.9 Å². The molecule has 4 rings (SSSR count). The predicted octanol–water partition coefficient (Wildman–Crippen LogP) is 3.47. The fourth-order valence-corrected chi connectivity index (χ4v) is 4.09. The van der Waals surface area contributed by atoms with Gasteiger partial charge in [-0.3, -0.25) is 9.52 Å². The summed E-state index contributed by atoms with van der Waals surface area (Å²) < 4.78 is 43.4. The first kappa shape index (κ1) is 22.1. The summed E-state index contributed by atoms with van der Waals surface area (Å²) in [6, 6.07) is 16.3. The SMILES string of the molecule is Cc1ccc(NS(=O)(=O)c2ccc(C(=O)Nc3cc(-n4nnnc4C)ccc3F)cc2)cc1. The van der Waals surface area contributed by atoms with E-state index in [1.807, 2.05) is 6.92 Å². The Labute approximate surface area is 189 Å². The summed E-state index contributed by atoms with van der Waals surface area (Å²) in [6.07, 6.45) is 0. The highest BCUT2D eigenvalue weighted by atomic mass is 32.2. The Kier molecular flexibility index (Phi) is 5.88. The molecular weight excluding hydrogens is 447 g/mol. The van der Waals surface area contributed by atoms with Gasteiger partial charge in [-0.2, -0.15) is 4.68 Å². The van der Waals surface area contributed by atoms with Gasteiger partial charge in [-0.25, -0.2) is 12.8 Å². The third kappa shape index (κ3) is 4.88. The molecule has 0 saturated heterocycles. The molecule has 0 aliphatic carbocycles. The third-order valence-electron chi connectivity index (χ3n) is 4.80. The molecule has 3 aromatic carbocycles. The van der Waals surface area contributed by atoms with Crippen molar-refractivity contribution in [3.8, 4) is 5.69 Å². The van der Waals surface area contributed by atoms with Gasteiger partial charge in [0.2, 0.25) is 0 Å². The van der Waals surface area contributed by atoms with Crippen molar-refractivity contribution in [2.75, 3.05) is 10.0 Å². The van der Waals surface area contributed by atoms with E-state index in [1.54, 1.807) is 31.2 Å². The van der Waals surface area contributed by atoms with E-state index in [9.17, 15) is 17.6 Å². The van der Waals surface area contributed by atoms with Crippen LogP contribution in [0.25, 0.3) is 5.69 Å². The minimum Gasteiger partial charge on any atom is -0.319 e. The van der Waals surface area contributed by atoms with Crippen LogP contribution in [-0.4, -0.2) is 34.5 Å². The Morgan fingerprint density at radius 3 is 2.30 bits per heavy atom. The highest BCUT2D eigenvalue weighted by Gasteiger charge is 2.16. The fraction of sp³-hybridized carbons (Fsp3) is 0.0909. The number of benzene rings is 3. The highest BCUT2D eigenvalue weighted by molar-refractivity contribution is 7.92. The highest BCUT2D eigenvalue weighted by Crippen LogP contribution is 2.21. The average Bonchev–Trinajstić information content (AvgIpc) is 3.22. The number of hydrogen-bond acceptors (Lipinski definition) is 6. The van der Waals surface area contributed by atoms with Crippen LogP contribution in [0.2, 0.25) is 0 Å². The van der Waals surface area contributed by atoms with E-state index in [0.717, 1.165) is 5.56 Å². The normalized spacial score (nSPS) is 11.2. The van der Waals surface area contributed by atoms with Crippen LogP contribution in [-0.2, 0) is 10.0 Å². The van der Waals surface area contributed by atoms with Crippen molar-refractivity contribution in [1.29, 1.82) is 0 Å². The molecule has 0 aliphatic rings. The van der Waals surface area contributed by atoms with Gasteiger partial charge in [-0.15, -0.1) is 5.10 Å². The van der Waals surface area contributed by atoms with Gasteiger partial charge < -0.3 is 5.32 Å². The summed E-state index contributed by atoms with van der Waals surface area (Å²) >= 11 is 0. The number of carbonyl (C=O) groups is 1. The van der Waals surface area contributed by atoms with Crippen molar-refractivity contribution in [3.63, 3.8) is 0 Å². The van der Waals surface area contributed by atoms with E-state index in [-0.39, 0.29) is 16.1 Å². The summed E-state index contributed by atoms with van der Waals surface area (Å²) in [5.74, 6) is -0.746. The Morgan fingerprint density at radius 2 is 1.67 bits per heavy atom. The largest absolute Gasteiger partial charge is 0.319 e. The summed E-state index contributed by atoms with van der Waals surface area (Å²) in [4.78, 5) is 12.6. The fourth-order valence-electron chi connectivity index (χ4n) is 3.03. The monoisotopic (exact) mass is 466 g/mol. The van der Waals surface area contributed by atoms with Crippen LogP contribution in [0, 0.1) is 19.7 Å². The zero-order valence-corrected chi connectivity index (χ0v) is 18.5. The summed E-state index contributed by atoms with van der Waals surface area (Å²) in [7, 11) is -3.83. The minimum absolute atomic E-state index is 0.0121. The number of nitrogens with one attached hydrogen (secondary N) is 2. The number of aryl methyl sites for hydroxylation is 2. The lowest BCUT2D eigenvalue weighted by atomic mass is 10.2. The van der Waals surface area contributed by atoms with Crippen molar-refractivity contribution in [2.45, 2.75) is 18.7 Å². The van der Waals surface area contributed by atoms with E-state index in [4.69, 9.17) is 0 Å². The van der Waals surface area contributed by atoms with Gasteiger partial charge in [0.05, 0.1) is 16.3 Å². The quantitative estimate of drug-likeness (QED) is 0.449. The summed E-state index contributed by atoms with van der Waals surface area (Å²) in [5.41, 5.74) is 2.00. The molecule has 0 fully saturated rings. The number of anilines is 2. The molecule has 0 radical (unpaired) electrons. The van der Waals surface area contributed by atoms with Gasteiger partial charge in [0.15, 0.2) is 5.82 Å². The molecule has 0 bridgehead atoms. The van der Waals surface area contributed by atoms with Crippen LogP contribution in [0.15, 0.2) is 71.6 Å². The molecular formula is C22H19FN6O3S. The summed E-state index contributed by atoms with van der Waals surface area (Å²) in [6.45, 7) is 3.59. The van der Waals surface area contributed by atoms with Crippen LogP contribution < -0.4 is 10.0 Å². The van der Waals surface area contributed by atoms with Crippen LogP contribution in [0.3, 0.4) is 0 Å². The molecule has 4 aromatic rings. The molecule has 1 heterocycles. The molecule has 2 N–H and O–H groups in total. The minimum atomic E-state index is -3.83. The van der Waals surface area contributed by atoms with Crippen molar-refractivity contribution in [3.05, 3.63) is 89.5 Å². The Balaban J connectivity index is 1.51. The van der Waals surface area contributed by atoms with E-state index < -0.39 is 21.7 Å². The lowest BCUT2D eigenvalue weighted by Crippen LogP contribution is -2.15. The second-order valence-electron chi connectivity index (χ2n) is 7.25. The number of rotatable bonds is 6. The number of aromatic nitrogens is 4. The van der Waals surface area contributed by atoms with Crippen molar-refractivity contribution < 1.29 is 17.6 Å². The van der Waals surface area contributed by atoms with Crippen LogP contribution in [0.1, 0.15) is 21.7 Å². The van der Waals surface area contributed by atoms with Gasteiger partial charge in [-0.1, -0.05) is 17.7 Å². The molecule has 0 saturated carbocycles. The third-order valence-corrected chi connectivity index (χ3v) is 6.20. The van der Waals surface area contributed by atoms with Gasteiger partial charge in [-0.05, 0) is 78.9 Å². The van der Waals surface area contributed by atoms with E-state index in [0.29, 0.717) is 17.2 Å². The number of nitrogens with zero attached hydrogens (tertiary/aromatic N) is 4. The maximum Gasteiger partial charge on any atom is 0.261 e. The van der Waals surface area contributed by atoms with Crippen molar-refractivity contribution in [2.24, 2.45) is 0 Å². The molecule has 1 amide bonds. The lowest BCUT2D eigenvalue weighted by molar-refractivity contribution is 0.102. The molecule has 0 spiro atoms. The molecule has 0 unspecified atom stereocenters. The topological polar surface area (TPSA) is 119 Å². The van der Waals surface area contributed by atoms with Crippen molar-refractivity contribution >= 4 is 27.3 Å². The number of tetrazole rings is 1. The number of carbonyl (C=O) groups excluding carboxylic acids is 1. The average molecular weight is 466 g/mol. The zero-order chi connectivity index (χ0) is 23.6. The summed E-state index contributed by atoms with van der Waals surface area (Å²) in [5, 5.41) is 13.6. The molecule has 11 heteroatoms. The molecule has 9 nitrogen and oxygen atoms in total. The maximum absolute atomic E-state index is 14.3. The molecule has 0 atom stereocenters. The first-order valence-electron chi connectivity index (χ1n) is 9.79. The van der Waals surface area contributed by atoms with Gasteiger partial charge in [0.1, 0.15) is 5.82 Å². The molecule has 0 aliphatic heterocycles. The first-order valence-corrected chi connectivity index (χ1v) is 11.3. The number of halogens is 1. The molecule has 168 valence electrons. The van der Waals surface area contributed by atoms with Crippen LogP contribution in [0.4, 0.5) is 15.8 Å².